The number of benzene rings is 1. The van der Waals surface area contributed by atoms with Crippen LogP contribution in [0, 0.1) is 0 Å². The van der Waals surface area contributed by atoms with E-state index in [1.165, 1.54) is 28.9 Å². The van der Waals surface area contributed by atoms with Crippen molar-refractivity contribution in [3.63, 3.8) is 0 Å². The Morgan fingerprint density at radius 2 is 2.22 bits per heavy atom. The molecule has 118 valence electrons. The highest BCUT2D eigenvalue weighted by molar-refractivity contribution is 7.98. The number of rotatable bonds is 6. The largest absolute Gasteiger partial charge is 0.545 e. The molecule has 7 heteroatoms. The average Bonchev–Trinajstić information content (AvgIpc) is 2.98. The highest BCUT2D eigenvalue weighted by atomic mass is 32.2. The van der Waals surface area contributed by atoms with Crippen LogP contribution in [0.1, 0.15) is 15.9 Å². The summed E-state index contributed by atoms with van der Waals surface area (Å²) < 4.78 is 0. The normalized spacial score (nSPS) is 10.8. The summed E-state index contributed by atoms with van der Waals surface area (Å²) in [6, 6.07) is 8.06. The SMILES string of the molecule is CSc1ncc(C(=O)[O-])c(NCCc2c[nH]c3ccccc23)n1. The van der Waals surface area contributed by atoms with Gasteiger partial charge >= 0.3 is 0 Å². The summed E-state index contributed by atoms with van der Waals surface area (Å²) in [5, 5.41) is 15.9. The Bertz CT molecular complexity index is 847. The molecule has 3 rings (SSSR count). The lowest BCUT2D eigenvalue weighted by Crippen LogP contribution is -2.25. The van der Waals surface area contributed by atoms with Crippen LogP contribution in [0.3, 0.4) is 0 Å². The van der Waals surface area contributed by atoms with Crippen molar-refractivity contribution < 1.29 is 9.90 Å². The third-order valence-electron chi connectivity index (χ3n) is 3.53. The Balaban J connectivity index is 1.74. The Morgan fingerprint density at radius 1 is 1.39 bits per heavy atom. The van der Waals surface area contributed by atoms with Crippen molar-refractivity contribution in [3.8, 4) is 0 Å². The van der Waals surface area contributed by atoms with Gasteiger partial charge in [0.2, 0.25) is 0 Å². The van der Waals surface area contributed by atoms with Crippen molar-refractivity contribution in [3.05, 3.63) is 47.8 Å². The molecule has 0 aliphatic carbocycles. The summed E-state index contributed by atoms with van der Waals surface area (Å²) in [4.78, 5) is 22.5. The number of hydrogen-bond acceptors (Lipinski definition) is 6. The smallest absolute Gasteiger partial charge is 0.189 e. The van der Waals surface area contributed by atoms with Gasteiger partial charge in [-0.3, -0.25) is 0 Å². The number of nitrogens with one attached hydrogen (secondary N) is 2. The predicted molar refractivity (Wildman–Crippen MR) is 88.6 cm³/mol. The van der Waals surface area contributed by atoms with E-state index in [4.69, 9.17) is 0 Å². The molecule has 0 atom stereocenters. The van der Waals surface area contributed by atoms with Gasteiger partial charge in [0.15, 0.2) is 5.16 Å². The summed E-state index contributed by atoms with van der Waals surface area (Å²) >= 11 is 1.36. The van der Waals surface area contributed by atoms with Crippen molar-refractivity contribution in [2.75, 3.05) is 18.1 Å². The number of nitrogens with zero attached hydrogens (tertiary/aromatic N) is 2. The van der Waals surface area contributed by atoms with Crippen LogP contribution in [0.25, 0.3) is 10.9 Å². The first kappa shape index (κ1) is 15.4. The van der Waals surface area contributed by atoms with Gasteiger partial charge in [0.05, 0.1) is 11.5 Å². The number of fused-ring (bicyclic) bond motifs is 1. The fraction of sp³-hybridized carbons (Fsp3) is 0.188. The van der Waals surface area contributed by atoms with Crippen molar-refractivity contribution >= 4 is 34.5 Å². The maximum absolute atomic E-state index is 11.1. The molecule has 2 heterocycles. The number of aromatic amines is 1. The third kappa shape index (κ3) is 3.29. The fourth-order valence-electron chi connectivity index (χ4n) is 2.40. The van der Waals surface area contributed by atoms with Gasteiger partial charge < -0.3 is 20.2 Å². The number of thioether (sulfide) groups is 1. The number of carboxylic acid groups (broad SMARTS) is 1. The quantitative estimate of drug-likeness (QED) is 0.529. The van der Waals surface area contributed by atoms with Crippen LogP contribution in [0.15, 0.2) is 41.8 Å². The number of carbonyl (C=O) groups is 1. The molecule has 0 aliphatic rings. The van der Waals surface area contributed by atoms with Gasteiger partial charge in [0.25, 0.3) is 0 Å². The van der Waals surface area contributed by atoms with Crippen LogP contribution in [0.4, 0.5) is 5.82 Å². The Kier molecular flexibility index (Phi) is 4.47. The molecule has 3 aromatic rings. The van der Waals surface area contributed by atoms with Gasteiger partial charge in [-0.2, -0.15) is 0 Å². The zero-order chi connectivity index (χ0) is 16.2. The monoisotopic (exact) mass is 327 g/mol. The molecule has 0 radical (unpaired) electrons. The first-order chi connectivity index (χ1) is 11.2. The maximum Gasteiger partial charge on any atom is 0.189 e. The molecule has 0 aliphatic heterocycles. The summed E-state index contributed by atoms with van der Waals surface area (Å²) in [7, 11) is 0. The van der Waals surface area contributed by atoms with Gasteiger partial charge in [0.1, 0.15) is 5.82 Å². The molecular formula is C16H15N4O2S-. The molecule has 23 heavy (non-hydrogen) atoms. The zero-order valence-corrected chi connectivity index (χ0v) is 13.3. The lowest BCUT2D eigenvalue weighted by Gasteiger charge is -2.12. The minimum atomic E-state index is -1.28. The van der Waals surface area contributed by atoms with E-state index < -0.39 is 5.97 Å². The molecule has 0 bridgehead atoms. The van der Waals surface area contributed by atoms with Gasteiger partial charge in [-0.25, -0.2) is 9.97 Å². The Hall–Kier alpha value is -2.54. The van der Waals surface area contributed by atoms with E-state index in [1.54, 1.807) is 0 Å². The third-order valence-corrected chi connectivity index (χ3v) is 4.09. The lowest BCUT2D eigenvalue weighted by atomic mass is 10.1. The van der Waals surface area contributed by atoms with Crippen molar-refractivity contribution in [2.24, 2.45) is 0 Å². The number of carboxylic acids is 1. The second-order valence-corrected chi connectivity index (χ2v) is 5.72. The summed E-state index contributed by atoms with van der Waals surface area (Å²) in [6.45, 7) is 0.562. The van der Waals surface area contributed by atoms with E-state index in [0.29, 0.717) is 17.5 Å². The molecule has 0 amide bonds. The Morgan fingerprint density at radius 3 is 3.00 bits per heavy atom. The molecule has 2 aromatic heterocycles. The number of hydrogen-bond donors (Lipinski definition) is 2. The van der Waals surface area contributed by atoms with E-state index in [1.807, 2.05) is 30.7 Å². The van der Waals surface area contributed by atoms with Crippen molar-refractivity contribution in [1.29, 1.82) is 0 Å². The fourth-order valence-corrected chi connectivity index (χ4v) is 2.74. The minimum Gasteiger partial charge on any atom is -0.545 e. The van der Waals surface area contributed by atoms with Gasteiger partial charge in [-0.15, -0.1) is 0 Å². The molecular weight excluding hydrogens is 312 g/mol. The van der Waals surface area contributed by atoms with Gasteiger partial charge in [-0.1, -0.05) is 30.0 Å². The molecule has 0 unspecified atom stereocenters. The van der Waals surface area contributed by atoms with E-state index in [9.17, 15) is 9.90 Å². The topological polar surface area (TPSA) is 93.7 Å². The standard InChI is InChI=1S/C16H16N4O2S/c1-23-16-19-9-12(15(21)22)14(20-16)17-7-6-10-8-18-13-5-3-2-4-11(10)13/h2-5,8-9,18H,6-7H2,1H3,(H,21,22)(H,17,19,20)/p-1. The van der Waals surface area contributed by atoms with Gasteiger partial charge in [-0.05, 0) is 24.3 Å². The second kappa shape index (κ2) is 6.70. The summed E-state index contributed by atoms with van der Waals surface area (Å²) in [5.41, 5.74) is 2.23. The second-order valence-electron chi connectivity index (χ2n) is 4.94. The van der Waals surface area contributed by atoms with Crippen LogP contribution in [-0.4, -0.2) is 33.7 Å². The predicted octanol–water partition coefficient (Wildman–Crippen LogP) is 1.70. The summed E-state index contributed by atoms with van der Waals surface area (Å²) in [5.74, 6) is -0.989. The van der Waals surface area contributed by atoms with Crippen molar-refractivity contribution in [2.45, 2.75) is 11.6 Å². The lowest BCUT2D eigenvalue weighted by molar-refractivity contribution is -0.255. The summed E-state index contributed by atoms with van der Waals surface area (Å²) in [6.07, 6.45) is 5.83. The number of para-hydroxylation sites is 1. The van der Waals surface area contributed by atoms with Crippen LogP contribution in [0.5, 0.6) is 0 Å². The molecule has 0 saturated heterocycles. The highest BCUT2D eigenvalue weighted by Crippen LogP contribution is 2.19. The zero-order valence-electron chi connectivity index (χ0n) is 12.5. The molecule has 1 aromatic carbocycles. The highest BCUT2D eigenvalue weighted by Gasteiger charge is 2.08. The number of aromatic carboxylic acids is 1. The van der Waals surface area contributed by atoms with E-state index >= 15 is 0 Å². The first-order valence-corrected chi connectivity index (χ1v) is 8.32. The van der Waals surface area contributed by atoms with Crippen LogP contribution >= 0.6 is 11.8 Å². The Labute approximate surface area is 137 Å². The van der Waals surface area contributed by atoms with E-state index in [-0.39, 0.29) is 5.56 Å². The molecule has 0 fully saturated rings. The molecule has 0 saturated carbocycles. The minimum absolute atomic E-state index is 0.0262. The molecule has 0 spiro atoms. The maximum atomic E-state index is 11.1. The average molecular weight is 327 g/mol. The first-order valence-electron chi connectivity index (χ1n) is 7.10. The molecule has 2 N–H and O–H groups in total. The van der Waals surface area contributed by atoms with Crippen molar-refractivity contribution in [1.82, 2.24) is 15.0 Å². The molecule has 6 nitrogen and oxygen atoms in total. The number of H-pyrrole nitrogens is 1. The van der Waals surface area contributed by atoms with E-state index in [2.05, 4.69) is 26.3 Å². The van der Waals surface area contributed by atoms with Crippen LogP contribution < -0.4 is 10.4 Å². The number of carbonyl (C=O) groups excluding carboxylic acids is 1. The van der Waals surface area contributed by atoms with Gasteiger partial charge in [0, 0.05) is 29.8 Å². The van der Waals surface area contributed by atoms with Crippen LogP contribution in [-0.2, 0) is 6.42 Å². The van der Waals surface area contributed by atoms with E-state index in [0.717, 1.165) is 11.9 Å². The number of anilines is 1. The van der Waals surface area contributed by atoms with Crippen LogP contribution in [0.2, 0.25) is 0 Å². The number of aromatic nitrogens is 3.